The molecular formula is C16H14ClN3O2S3. The van der Waals surface area contributed by atoms with E-state index in [0.29, 0.717) is 24.5 Å². The maximum atomic E-state index is 11.4. The van der Waals surface area contributed by atoms with Gasteiger partial charge in [0.1, 0.15) is 5.01 Å². The second-order valence-corrected chi connectivity index (χ2v) is 8.73. The minimum Gasteiger partial charge on any atom is -0.466 e. The molecule has 0 N–H and O–H groups in total. The summed E-state index contributed by atoms with van der Waals surface area (Å²) in [7, 11) is 0. The number of carbonyl (C=O) groups excluding carboxylic acids is 1. The van der Waals surface area contributed by atoms with Crippen LogP contribution in [0.2, 0.25) is 5.02 Å². The zero-order chi connectivity index (χ0) is 17.6. The van der Waals surface area contributed by atoms with E-state index in [2.05, 4.69) is 15.2 Å². The molecule has 2 aromatic heterocycles. The van der Waals surface area contributed by atoms with E-state index in [0.717, 1.165) is 24.9 Å². The van der Waals surface area contributed by atoms with Crippen molar-refractivity contribution in [1.29, 1.82) is 0 Å². The lowest BCUT2D eigenvalue weighted by atomic mass is 10.2. The van der Waals surface area contributed by atoms with Gasteiger partial charge in [-0.05, 0) is 30.8 Å². The Morgan fingerprint density at radius 2 is 2.04 bits per heavy atom. The standard InChI is InChI=1S/C16H14ClN3O2S3/c1-2-22-14(21)8-7-13-19-20-16(24-13)25-15-18-12(9-23-15)10-3-5-11(17)6-4-10/h3-6,9H,2,7-8H2,1H3. The molecular weight excluding hydrogens is 398 g/mol. The molecule has 0 bridgehead atoms. The van der Waals surface area contributed by atoms with Gasteiger partial charge in [-0.1, -0.05) is 35.1 Å². The van der Waals surface area contributed by atoms with Crippen molar-refractivity contribution in [3.63, 3.8) is 0 Å². The zero-order valence-corrected chi connectivity index (χ0v) is 16.5. The first-order chi connectivity index (χ1) is 12.1. The van der Waals surface area contributed by atoms with E-state index in [-0.39, 0.29) is 5.97 Å². The monoisotopic (exact) mass is 411 g/mol. The van der Waals surface area contributed by atoms with Crippen molar-refractivity contribution in [1.82, 2.24) is 15.2 Å². The molecule has 9 heteroatoms. The molecule has 0 aliphatic carbocycles. The number of nitrogens with zero attached hydrogens (tertiary/aromatic N) is 3. The van der Waals surface area contributed by atoms with Gasteiger partial charge in [-0.2, -0.15) is 0 Å². The zero-order valence-electron chi connectivity index (χ0n) is 13.3. The predicted molar refractivity (Wildman–Crippen MR) is 102 cm³/mol. The summed E-state index contributed by atoms with van der Waals surface area (Å²) in [6.07, 6.45) is 0.871. The van der Waals surface area contributed by atoms with Crippen LogP contribution < -0.4 is 0 Å². The number of aromatic nitrogens is 3. The predicted octanol–water partition coefficient (Wildman–Crippen LogP) is 4.96. The molecule has 0 aliphatic rings. The smallest absolute Gasteiger partial charge is 0.306 e. The van der Waals surface area contributed by atoms with Gasteiger partial charge in [0.05, 0.1) is 18.7 Å². The fraction of sp³-hybridized carbons (Fsp3) is 0.250. The lowest BCUT2D eigenvalue weighted by Gasteiger charge is -1.98. The highest BCUT2D eigenvalue weighted by molar-refractivity contribution is 8.02. The van der Waals surface area contributed by atoms with E-state index in [1.54, 1.807) is 18.3 Å². The maximum absolute atomic E-state index is 11.4. The first-order valence-corrected chi connectivity index (χ1v) is 10.4. The van der Waals surface area contributed by atoms with Crippen molar-refractivity contribution in [2.75, 3.05) is 6.61 Å². The Balaban J connectivity index is 1.60. The van der Waals surface area contributed by atoms with Gasteiger partial charge in [0.25, 0.3) is 0 Å². The first kappa shape index (κ1) is 18.3. The second-order valence-electron chi connectivity index (χ2n) is 4.87. The average molecular weight is 412 g/mol. The molecule has 0 unspecified atom stereocenters. The fourth-order valence-corrected chi connectivity index (χ4v) is 5.00. The molecule has 0 amide bonds. The highest BCUT2D eigenvalue weighted by Crippen LogP contribution is 2.35. The lowest BCUT2D eigenvalue weighted by Crippen LogP contribution is -2.04. The van der Waals surface area contributed by atoms with Crippen molar-refractivity contribution >= 4 is 52.0 Å². The van der Waals surface area contributed by atoms with Crippen LogP contribution in [0.1, 0.15) is 18.4 Å². The summed E-state index contributed by atoms with van der Waals surface area (Å²) in [4.78, 5) is 16.0. The molecule has 5 nitrogen and oxygen atoms in total. The van der Waals surface area contributed by atoms with Crippen molar-refractivity contribution in [3.8, 4) is 11.3 Å². The summed E-state index contributed by atoms with van der Waals surface area (Å²) in [5.74, 6) is -0.209. The number of aryl methyl sites for hydroxylation is 1. The van der Waals surface area contributed by atoms with Crippen LogP contribution >= 0.6 is 46.0 Å². The Labute approximate surface area is 162 Å². The van der Waals surface area contributed by atoms with Gasteiger partial charge in [-0.3, -0.25) is 4.79 Å². The van der Waals surface area contributed by atoms with E-state index < -0.39 is 0 Å². The van der Waals surface area contributed by atoms with Gasteiger partial charge >= 0.3 is 5.97 Å². The van der Waals surface area contributed by atoms with Gasteiger partial charge in [0.15, 0.2) is 8.68 Å². The molecule has 0 spiro atoms. The van der Waals surface area contributed by atoms with Gasteiger partial charge in [0.2, 0.25) is 0 Å². The Hall–Kier alpha value is -1.48. The van der Waals surface area contributed by atoms with Crippen LogP contribution in [-0.2, 0) is 16.0 Å². The van der Waals surface area contributed by atoms with E-state index in [9.17, 15) is 4.79 Å². The van der Waals surface area contributed by atoms with Crippen molar-refractivity contribution in [2.45, 2.75) is 28.4 Å². The number of ether oxygens (including phenoxy) is 1. The Morgan fingerprint density at radius 1 is 1.24 bits per heavy atom. The van der Waals surface area contributed by atoms with E-state index in [1.165, 1.54) is 23.1 Å². The molecule has 2 heterocycles. The van der Waals surface area contributed by atoms with Crippen LogP contribution in [0.25, 0.3) is 11.3 Å². The number of carbonyl (C=O) groups is 1. The van der Waals surface area contributed by atoms with Crippen LogP contribution in [0, 0.1) is 0 Å². The number of hydrogen-bond acceptors (Lipinski definition) is 8. The van der Waals surface area contributed by atoms with Crippen LogP contribution in [0.3, 0.4) is 0 Å². The summed E-state index contributed by atoms with van der Waals surface area (Å²) in [6.45, 7) is 2.19. The first-order valence-electron chi connectivity index (χ1n) is 7.51. The second kappa shape index (κ2) is 8.75. The number of halogens is 1. The highest BCUT2D eigenvalue weighted by Gasteiger charge is 2.12. The van der Waals surface area contributed by atoms with Crippen LogP contribution in [-0.4, -0.2) is 27.8 Å². The molecule has 0 aliphatic heterocycles. The molecule has 0 radical (unpaired) electrons. The third-order valence-corrected chi connectivity index (χ3v) is 6.32. The molecule has 0 saturated heterocycles. The van der Waals surface area contributed by atoms with Crippen molar-refractivity contribution < 1.29 is 9.53 Å². The number of hydrogen-bond donors (Lipinski definition) is 0. The highest BCUT2D eigenvalue weighted by atomic mass is 35.5. The van der Waals surface area contributed by atoms with Crippen LogP contribution in [0.15, 0.2) is 38.3 Å². The molecule has 0 atom stereocenters. The minimum absolute atomic E-state index is 0.209. The Morgan fingerprint density at radius 3 is 2.80 bits per heavy atom. The van der Waals surface area contributed by atoms with E-state index in [1.807, 2.05) is 29.6 Å². The third kappa shape index (κ3) is 5.24. The lowest BCUT2D eigenvalue weighted by molar-refractivity contribution is -0.143. The van der Waals surface area contributed by atoms with Crippen LogP contribution in [0.4, 0.5) is 0 Å². The quantitative estimate of drug-likeness (QED) is 0.512. The number of rotatable bonds is 7. The normalized spacial score (nSPS) is 10.8. The minimum atomic E-state index is -0.209. The SMILES string of the molecule is CCOC(=O)CCc1nnc(Sc2nc(-c3ccc(Cl)cc3)cs2)s1. The molecule has 130 valence electrons. The Bertz CT molecular complexity index is 848. The maximum Gasteiger partial charge on any atom is 0.306 e. The number of thiazole rings is 1. The van der Waals surface area contributed by atoms with Gasteiger partial charge in [-0.15, -0.1) is 21.5 Å². The Kier molecular flexibility index (Phi) is 6.41. The van der Waals surface area contributed by atoms with Gasteiger partial charge in [0, 0.05) is 22.4 Å². The fourth-order valence-electron chi connectivity index (χ4n) is 1.95. The van der Waals surface area contributed by atoms with Gasteiger partial charge < -0.3 is 4.74 Å². The molecule has 0 fully saturated rings. The van der Waals surface area contributed by atoms with E-state index >= 15 is 0 Å². The van der Waals surface area contributed by atoms with Crippen LogP contribution in [0.5, 0.6) is 0 Å². The largest absolute Gasteiger partial charge is 0.466 e. The average Bonchev–Trinajstić information content (AvgIpc) is 3.24. The van der Waals surface area contributed by atoms with Crippen molar-refractivity contribution in [2.24, 2.45) is 0 Å². The summed E-state index contributed by atoms with van der Waals surface area (Å²) in [5, 5.41) is 11.8. The molecule has 3 aromatic rings. The molecule has 0 saturated carbocycles. The molecule has 1 aromatic carbocycles. The topological polar surface area (TPSA) is 65.0 Å². The number of benzene rings is 1. The van der Waals surface area contributed by atoms with E-state index in [4.69, 9.17) is 16.3 Å². The summed E-state index contributed by atoms with van der Waals surface area (Å²) in [6, 6.07) is 7.60. The van der Waals surface area contributed by atoms with Gasteiger partial charge in [-0.25, -0.2) is 4.98 Å². The number of esters is 1. The van der Waals surface area contributed by atoms with Crippen molar-refractivity contribution in [3.05, 3.63) is 39.7 Å². The molecule has 3 rings (SSSR count). The molecule has 25 heavy (non-hydrogen) atoms. The third-order valence-electron chi connectivity index (χ3n) is 3.09. The summed E-state index contributed by atoms with van der Waals surface area (Å²) in [5.41, 5.74) is 1.94. The summed E-state index contributed by atoms with van der Waals surface area (Å²) < 4.78 is 6.63. The summed E-state index contributed by atoms with van der Waals surface area (Å²) >= 11 is 10.4.